The topological polar surface area (TPSA) is 120 Å². The smallest absolute Gasteiger partial charge is 0.288 e. The quantitative estimate of drug-likeness (QED) is 0.469. The lowest BCUT2D eigenvalue weighted by Gasteiger charge is -2.42. The third-order valence-corrected chi connectivity index (χ3v) is 9.20. The number of anilines is 1. The zero-order chi connectivity index (χ0) is 29.0. The van der Waals surface area contributed by atoms with Gasteiger partial charge in [0.1, 0.15) is 5.75 Å². The van der Waals surface area contributed by atoms with E-state index in [0.717, 1.165) is 4.31 Å². The largest absolute Gasteiger partial charge is 0.496 e. The number of carbonyl (C=O) groups is 2. The molecule has 1 unspecified atom stereocenters. The maximum atomic E-state index is 15.0. The van der Waals surface area contributed by atoms with Crippen molar-refractivity contribution in [1.82, 2.24) is 14.8 Å². The van der Waals surface area contributed by atoms with Gasteiger partial charge in [0.05, 0.1) is 24.9 Å². The zero-order valence-corrected chi connectivity index (χ0v) is 24.0. The number of likely N-dealkylation sites (tertiary alicyclic amines) is 1. The molecule has 1 N–H and O–H groups in total. The number of methoxy groups -OCH3 is 1. The molecule has 2 aliphatic heterocycles. The highest BCUT2D eigenvalue weighted by atomic mass is 35.5. The van der Waals surface area contributed by atoms with Gasteiger partial charge in [0, 0.05) is 42.5 Å². The molecule has 3 atom stereocenters. The van der Waals surface area contributed by atoms with E-state index in [1.165, 1.54) is 36.3 Å². The molecule has 1 aromatic heterocycles. The molecule has 10 nitrogen and oxygen atoms in total. The lowest BCUT2D eigenvalue weighted by atomic mass is 9.80. The minimum absolute atomic E-state index is 0.0449. The number of pyridine rings is 1. The van der Waals surface area contributed by atoms with Crippen LogP contribution in [0.15, 0.2) is 65.7 Å². The molecule has 0 bridgehead atoms. The molecule has 0 aliphatic carbocycles. The Bertz CT molecular complexity index is 1610. The van der Waals surface area contributed by atoms with E-state index < -0.39 is 33.6 Å². The molecule has 0 saturated carbocycles. The Morgan fingerprint density at radius 3 is 2.52 bits per heavy atom. The fraction of sp³-hybridized carbons (Fsp3) is 0.321. The van der Waals surface area contributed by atoms with Crippen LogP contribution in [0.3, 0.4) is 0 Å². The van der Waals surface area contributed by atoms with Crippen LogP contribution in [0.25, 0.3) is 0 Å². The maximum absolute atomic E-state index is 15.0. The number of amides is 2. The summed E-state index contributed by atoms with van der Waals surface area (Å²) in [4.78, 5) is 35.6. The van der Waals surface area contributed by atoms with Gasteiger partial charge in [0.2, 0.25) is 5.91 Å². The summed E-state index contributed by atoms with van der Waals surface area (Å²) in [5.41, 5.74) is -0.805. The van der Waals surface area contributed by atoms with Gasteiger partial charge in [-0.2, -0.15) is 12.7 Å². The van der Waals surface area contributed by atoms with Gasteiger partial charge in [0.15, 0.2) is 10.6 Å². The van der Waals surface area contributed by atoms with Gasteiger partial charge >= 0.3 is 0 Å². The van der Waals surface area contributed by atoms with Crippen molar-refractivity contribution >= 4 is 39.1 Å². The predicted octanol–water partition coefficient (Wildman–Crippen LogP) is 2.55. The Labute approximate surface area is 237 Å². The van der Waals surface area contributed by atoms with Crippen molar-refractivity contribution < 1.29 is 27.9 Å². The van der Waals surface area contributed by atoms with E-state index in [1.807, 2.05) is 0 Å². The third kappa shape index (κ3) is 4.15. The number of β-amino-alcohol motifs (C(OH)–C–C–N with tert-alkyl or cyclic N) is 1. The number of aryl methyl sites for hydroxylation is 1. The predicted molar refractivity (Wildman–Crippen MR) is 149 cm³/mol. The second-order valence-electron chi connectivity index (χ2n) is 10.1. The van der Waals surface area contributed by atoms with Gasteiger partial charge in [-0.1, -0.05) is 35.9 Å². The standard InChI is InChI=1S/C28H29ClN4O6S/c1-17-8-7-11-25(30-17)40(37,38)33-22-13-12-18(29)14-21(22)28(27(33)36,20-9-5-6-10-24(20)39-4)32-16-19(34)15-23(32)26(35)31(2)3/h5-14,19,23,34H,15-16H2,1-4H3/t19-,23+,28?/m1/s1. The van der Waals surface area contributed by atoms with E-state index in [1.54, 1.807) is 62.3 Å². The molecule has 1 fully saturated rings. The number of aromatic nitrogens is 1. The summed E-state index contributed by atoms with van der Waals surface area (Å²) in [5, 5.41) is 10.8. The molecule has 5 rings (SSSR count). The molecule has 210 valence electrons. The zero-order valence-electron chi connectivity index (χ0n) is 22.4. The van der Waals surface area contributed by atoms with Gasteiger partial charge in [-0.3, -0.25) is 14.5 Å². The molecule has 0 radical (unpaired) electrons. The van der Waals surface area contributed by atoms with E-state index in [4.69, 9.17) is 16.3 Å². The summed E-state index contributed by atoms with van der Waals surface area (Å²) in [7, 11) is 0.0852. The van der Waals surface area contributed by atoms with Crippen molar-refractivity contribution in [3.63, 3.8) is 0 Å². The van der Waals surface area contributed by atoms with Crippen LogP contribution in [0.5, 0.6) is 5.75 Å². The summed E-state index contributed by atoms with van der Waals surface area (Å²) < 4.78 is 34.7. The number of aliphatic hydroxyl groups excluding tert-OH is 1. The van der Waals surface area contributed by atoms with Crippen molar-refractivity contribution in [2.45, 2.75) is 36.1 Å². The van der Waals surface area contributed by atoms with Crippen LogP contribution in [0.1, 0.15) is 23.2 Å². The highest BCUT2D eigenvalue weighted by Gasteiger charge is 2.64. The van der Waals surface area contributed by atoms with E-state index in [9.17, 15) is 23.1 Å². The number of fused-ring (bicyclic) bond motifs is 1. The summed E-state index contributed by atoms with van der Waals surface area (Å²) in [6.45, 7) is 1.57. The average Bonchev–Trinajstić information content (AvgIpc) is 3.43. The summed E-state index contributed by atoms with van der Waals surface area (Å²) >= 11 is 6.48. The number of hydrogen-bond acceptors (Lipinski definition) is 8. The molecule has 40 heavy (non-hydrogen) atoms. The van der Waals surface area contributed by atoms with Crippen LogP contribution in [0.4, 0.5) is 5.69 Å². The van der Waals surface area contributed by atoms with Crippen LogP contribution in [0.2, 0.25) is 5.02 Å². The molecule has 3 aromatic rings. The molecule has 0 spiro atoms. The highest BCUT2D eigenvalue weighted by molar-refractivity contribution is 7.93. The summed E-state index contributed by atoms with van der Waals surface area (Å²) in [6, 6.07) is 14.8. The number of para-hydroxylation sites is 1. The minimum Gasteiger partial charge on any atom is -0.496 e. The van der Waals surface area contributed by atoms with Crippen LogP contribution < -0.4 is 9.04 Å². The van der Waals surface area contributed by atoms with E-state index in [2.05, 4.69) is 4.98 Å². The summed E-state index contributed by atoms with van der Waals surface area (Å²) in [6.07, 6.45) is -0.913. The molecule has 1 saturated heterocycles. The lowest BCUT2D eigenvalue weighted by Crippen LogP contribution is -2.59. The molecular formula is C28H29ClN4O6S. The van der Waals surface area contributed by atoms with Crippen molar-refractivity contribution in [3.05, 3.63) is 82.5 Å². The second kappa shape index (κ2) is 10.2. The number of likely N-dealkylation sites (N-methyl/N-ethyl adjacent to an activating group) is 1. The first kappa shape index (κ1) is 28.0. The number of aliphatic hydroxyl groups is 1. The van der Waals surface area contributed by atoms with Gasteiger partial charge in [0.25, 0.3) is 15.9 Å². The van der Waals surface area contributed by atoms with E-state index in [-0.39, 0.29) is 40.2 Å². The van der Waals surface area contributed by atoms with Crippen LogP contribution >= 0.6 is 11.6 Å². The number of nitrogens with zero attached hydrogens (tertiary/aromatic N) is 4. The Hall–Kier alpha value is -3.51. The SMILES string of the molecule is COc1ccccc1C1(N2C[C@H](O)C[C@H]2C(=O)N(C)C)C(=O)N(S(=O)(=O)c2cccc(C)n2)c2ccc(Cl)cc21. The van der Waals surface area contributed by atoms with Crippen LogP contribution in [-0.2, 0) is 25.2 Å². The summed E-state index contributed by atoms with van der Waals surface area (Å²) in [5.74, 6) is -0.903. The van der Waals surface area contributed by atoms with Gasteiger partial charge in [-0.25, -0.2) is 4.98 Å². The molecular weight excluding hydrogens is 556 g/mol. The molecule has 2 aromatic carbocycles. The number of halogens is 1. The molecule has 3 heterocycles. The van der Waals surface area contributed by atoms with Crippen molar-refractivity contribution in [2.75, 3.05) is 32.1 Å². The Morgan fingerprint density at radius 1 is 1.12 bits per heavy atom. The average molecular weight is 585 g/mol. The van der Waals surface area contributed by atoms with E-state index in [0.29, 0.717) is 17.0 Å². The normalized spacial score (nSPS) is 22.9. The lowest BCUT2D eigenvalue weighted by molar-refractivity contribution is -0.138. The molecule has 2 aliphatic rings. The molecule has 12 heteroatoms. The van der Waals surface area contributed by atoms with Crippen molar-refractivity contribution in [1.29, 1.82) is 0 Å². The second-order valence-corrected chi connectivity index (χ2v) is 12.2. The van der Waals surface area contributed by atoms with Gasteiger partial charge < -0.3 is 14.7 Å². The van der Waals surface area contributed by atoms with Gasteiger partial charge in [-0.15, -0.1) is 0 Å². The van der Waals surface area contributed by atoms with Crippen molar-refractivity contribution in [3.8, 4) is 5.75 Å². The van der Waals surface area contributed by atoms with Gasteiger partial charge in [-0.05, 0) is 49.7 Å². The van der Waals surface area contributed by atoms with Crippen LogP contribution in [-0.4, -0.2) is 80.0 Å². The van der Waals surface area contributed by atoms with Crippen LogP contribution in [0, 0.1) is 6.92 Å². The van der Waals surface area contributed by atoms with E-state index >= 15 is 0 Å². The Balaban J connectivity index is 1.87. The minimum atomic E-state index is -4.53. The highest BCUT2D eigenvalue weighted by Crippen LogP contribution is 2.54. The Morgan fingerprint density at radius 2 is 1.85 bits per heavy atom. The molecule has 2 amide bonds. The fourth-order valence-electron chi connectivity index (χ4n) is 5.69. The first-order chi connectivity index (χ1) is 18.9. The number of carbonyl (C=O) groups excluding carboxylic acids is 2. The fourth-order valence-corrected chi connectivity index (χ4v) is 7.33. The Kier molecular flexibility index (Phi) is 7.11. The number of hydrogen-bond donors (Lipinski definition) is 1. The monoisotopic (exact) mass is 584 g/mol. The van der Waals surface area contributed by atoms with Crippen molar-refractivity contribution in [2.24, 2.45) is 0 Å². The number of rotatable bonds is 6. The first-order valence-electron chi connectivity index (χ1n) is 12.6. The number of sulfonamides is 1. The number of benzene rings is 2. The first-order valence-corrected chi connectivity index (χ1v) is 14.4. The number of ether oxygens (including phenoxy) is 1. The third-order valence-electron chi connectivity index (χ3n) is 7.36. The maximum Gasteiger partial charge on any atom is 0.288 e.